The summed E-state index contributed by atoms with van der Waals surface area (Å²) < 4.78 is 0. The van der Waals surface area contributed by atoms with Crippen molar-refractivity contribution in [3.8, 4) is 0 Å². The predicted molar refractivity (Wildman–Crippen MR) is 79.4 cm³/mol. The van der Waals surface area contributed by atoms with Crippen LogP contribution in [0.2, 0.25) is 5.15 Å². The second-order valence-corrected chi connectivity index (χ2v) is 5.89. The average Bonchev–Trinajstić information content (AvgIpc) is 3.12. The van der Waals surface area contributed by atoms with Crippen molar-refractivity contribution in [3.63, 3.8) is 0 Å². The van der Waals surface area contributed by atoms with Crippen LogP contribution in [0.1, 0.15) is 18.4 Å². The van der Waals surface area contributed by atoms with Gasteiger partial charge in [-0.15, -0.1) is 0 Å². The molecule has 1 saturated carbocycles. The first-order valence-corrected chi connectivity index (χ1v) is 7.56. The monoisotopic (exact) mass is 309 g/mol. The molecule has 20 heavy (non-hydrogen) atoms. The maximum atomic E-state index is 11.2. The minimum absolute atomic E-state index is 0.0107. The molecule has 0 amide bonds. The van der Waals surface area contributed by atoms with Gasteiger partial charge in [-0.05, 0) is 41.3 Å². The van der Waals surface area contributed by atoms with Gasteiger partial charge in [-0.1, -0.05) is 11.6 Å². The predicted octanol–water partition coefficient (Wildman–Crippen LogP) is 3.87. The van der Waals surface area contributed by atoms with Gasteiger partial charge < -0.3 is 4.90 Å². The van der Waals surface area contributed by atoms with E-state index < -0.39 is 4.92 Å². The van der Waals surface area contributed by atoms with Crippen LogP contribution < -0.4 is 4.90 Å². The smallest absolute Gasteiger partial charge is 0.311 e. The highest BCUT2D eigenvalue weighted by atomic mass is 35.5. The Bertz CT molecular complexity index is 629. The van der Waals surface area contributed by atoms with Crippen LogP contribution >= 0.6 is 22.9 Å². The molecule has 0 aliphatic heterocycles. The Morgan fingerprint density at radius 1 is 1.45 bits per heavy atom. The van der Waals surface area contributed by atoms with Gasteiger partial charge in [0.05, 0.1) is 4.92 Å². The highest BCUT2D eigenvalue weighted by Crippen LogP contribution is 2.37. The van der Waals surface area contributed by atoms with Crippen molar-refractivity contribution in [1.82, 2.24) is 4.98 Å². The van der Waals surface area contributed by atoms with Crippen LogP contribution in [0, 0.1) is 10.1 Å². The Balaban J connectivity index is 1.98. The summed E-state index contributed by atoms with van der Waals surface area (Å²) in [6.07, 6.45) is 2.07. The number of nitrogens with zero attached hydrogens (tertiary/aromatic N) is 3. The van der Waals surface area contributed by atoms with Gasteiger partial charge in [0.2, 0.25) is 5.82 Å². The second-order valence-electron chi connectivity index (χ2n) is 4.72. The quantitative estimate of drug-likeness (QED) is 0.478. The van der Waals surface area contributed by atoms with E-state index in [1.165, 1.54) is 12.1 Å². The first-order chi connectivity index (χ1) is 9.65. The molecule has 2 aromatic rings. The van der Waals surface area contributed by atoms with Crippen molar-refractivity contribution in [2.24, 2.45) is 0 Å². The molecule has 3 rings (SSSR count). The Morgan fingerprint density at radius 3 is 2.85 bits per heavy atom. The minimum atomic E-state index is -0.401. The number of anilines is 1. The van der Waals surface area contributed by atoms with Crippen molar-refractivity contribution in [1.29, 1.82) is 0 Å². The van der Waals surface area contributed by atoms with E-state index in [-0.39, 0.29) is 10.8 Å². The molecular weight excluding hydrogens is 298 g/mol. The molecule has 0 aromatic carbocycles. The van der Waals surface area contributed by atoms with Gasteiger partial charge in [-0.3, -0.25) is 10.1 Å². The molecule has 5 nitrogen and oxygen atoms in total. The third-order valence-electron chi connectivity index (χ3n) is 3.21. The van der Waals surface area contributed by atoms with Crippen molar-refractivity contribution >= 4 is 34.4 Å². The number of hydrogen-bond acceptors (Lipinski definition) is 5. The average molecular weight is 310 g/mol. The van der Waals surface area contributed by atoms with E-state index in [2.05, 4.69) is 4.98 Å². The molecule has 0 spiro atoms. The molecule has 104 valence electrons. The topological polar surface area (TPSA) is 59.3 Å². The summed E-state index contributed by atoms with van der Waals surface area (Å²) in [7, 11) is 0. The summed E-state index contributed by atoms with van der Waals surface area (Å²) >= 11 is 7.53. The number of halogens is 1. The van der Waals surface area contributed by atoms with Gasteiger partial charge in [0.25, 0.3) is 0 Å². The summed E-state index contributed by atoms with van der Waals surface area (Å²) in [4.78, 5) is 17.0. The maximum Gasteiger partial charge on any atom is 0.311 e. The van der Waals surface area contributed by atoms with Gasteiger partial charge in [0, 0.05) is 18.7 Å². The molecule has 0 atom stereocenters. The van der Waals surface area contributed by atoms with Crippen LogP contribution in [0.25, 0.3) is 0 Å². The normalized spacial score (nSPS) is 14.2. The first-order valence-electron chi connectivity index (χ1n) is 6.24. The van der Waals surface area contributed by atoms with Crippen LogP contribution in [0.5, 0.6) is 0 Å². The number of hydrogen-bond donors (Lipinski definition) is 0. The van der Waals surface area contributed by atoms with E-state index in [0.29, 0.717) is 18.4 Å². The molecule has 2 aromatic heterocycles. The molecular formula is C13H12ClN3O2S. The van der Waals surface area contributed by atoms with E-state index >= 15 is 0 Å². The van der Waals surface area contributed by atoms with Crippen LogP contribution in [-0.2, 0) is 6.54 Å². The fraction of sp³-hybridized carbons (Fsp3) is 0.308. The fourth-order valence-corrected chi connectivity index (χ4v) is 2.92. The van der Waals surface area contributed by atoms with E-state index in [4.69, 9.17) is 11.6 Å². The highest BCUT2D eigenvalue weighted by molar-refractivity contribution is 7.07. The van der Waals surface area contributed by atoms with Gasteiger partial charge in [0.15, 0.2) is 0 Å². The van der Waals surface area contributed by atoms with Crippen LogP contribution in [0.15, 0.2) is 29.0 Å². The zero-order valence-electron chi connectivity index (χ0n) is 10.5. The number of pyridine rings is 1. The lowest BCUT2D eigenvalue weighted by atomic mass is 10.2. The molecule has 7 heteroatoms. The molecule has 0 saturated heterocycles. The second kappa shape index (κ2) is 5.38. The lowest BCUT2D eigenvalue weighted by molar-refractivity contribution is -0.384. The Morgan fingerprint density at radius 2 is 2.25 bits per heavy atom. The van der Waals surface area contributed by atoms with Crippen molar-refractivity contribution < 1.29 is 4.92 Å². The molecule has 1 aliphatic carbocycles. The largest absolute Gasteiger partial charge is 0.344 e. The van der Waals surface area contributed by atoms with E-state index in [1.54, 1.807) is 11.3 Å². The molecule has 0 N–H and O–H groups in total. The zero-order valence-corrected chi connectivity index (χ0v) is 12.1. The van der Waals surface area contributed by atoms with E-state index in [1.807, 2.05) is 21.7 Å². The molecule has 1 fully saturated rings. The standard InChI is InChI=1S/C13H12ClN3O2S/c14-12-4-3-11(17(18)19)13(15-12)16(10-1-2-10)7-9-5-6-20-8-9/h3-6,8,10H,1-2,7H2. The summed E-state index contributed by atoms with van der Waals surface area (Å²) in [5.74, 6) is 0.371. The summed E-state index contributed by atoms with van der Waals surface area (Å²) in [5.41, 5.74) is 1.15. The van der Waals surface area contributed by atoms with Crippen LogP contribution in [0.4, 0.5) is 11.5 Å². The summed E-state index contributed by atoms with van der Waals surface area (Å²) in [6, 6.07) is 5.22. The zero-order chi connectivity index (χ0) is 14.1. The van der Waals surface area contributed by atoms with Gasteiger partial charge in [-0.2, -0.15) is 11.3 Å². The fourth-order valence-electron chi connectivity index (χ4n) is 2.11. The van der Waals surface area contributed by atoms with Crippen molar-refractivity contribution in [3.05, 3.63) is 49.8 Å². The van der Waals surface area contributed by atoms with Gasteiger partial charge in [-0.25, -0.2) is 4.98 Å². The molecule has 0 radical (unpaired) electrons. The third kappa shape index (κ3) is 2.76. The van der Waals surface area contributed by atoms with Crippen molar-refractivity contribution in [2.45, 2.75) is 25.4 Å². The minimum Gasteiger partial charge on any atom is -0.344 e. The maximum absolute atomic E-state index is 11.2. The number of rotatable bonds is 5. The van der Waals surface area contributed by atoms with Gasteiger partial charge >= 0.3 is 5.69 Å². The summed E-state index contributed by atoms with van der Waals surface area (Å²) in [6.45, 7) is 0.627. The number of aromatic nitrogens is 1. The Hall–Kier alpha value is -1.66. The molecule has 2 heterocycles. The van der Waals surface area contributed by atoms with Gasteiger partial charge in [0.1, 0.15) is 5.15 Å². The Labute approximate surface area is 125 Å². The van der Waals surface area contributed by atoms with E-state index in [0.717, 1.165) is 18.4 Å². The van der Waals surface area contributed by atoms with Crippen LogP contribution in [0.3, 0.4) is 0 Å². The summed E-state index contributed by atoms with van der Waals surface area (Å²) in [5, 5.41) is 15.5. The van der Waals surface area contributed by atoms with E-state index in [9.17, 15) is 10.1 Å². The van der Waals surface area contributed by atoms with Crippen LogP contribution in [-0.4, -0.2) is 15.9 Å². The highest BCUT2D eigenvalue weighted by Gasteiger charge is 2.34. The number of thiophene rings is 1. The molecule has 1 aliphatic rings. The van der Waals surface area contributed by atoms with Crippen molar-refractivity contribution in [2.75, 3.05) is 4.90 Å². The SMILES string of the molecule is O=[N+]([O-])c1ccc(Cl)nc1N(Cc1ccsc1)C1CC1. The molecule has 0 bridgehead atoms. The Kier molecular flexibility index (Phi) is 3.58. The lowest BCUT2D eigenvalue weighted by Gasteiger charge is -2.22. The number of nitro groups is 1. The first kappa shape index (κ1) is 13.3. The lowest BCUT2D eigenvalue weighted by Crippen LogP contribution is -2.26. The molecule has 0 unspecified atom stereocenters. The third-order valence-corrected chi connectivity index (χ3v) is 4.15.